The van der Waals surface area contributed by atoms with Gasteiger partial charge >= 0.3 is 0 Å². The number of aryl methyl sites for hydroxylation is 2. The van der Waals surface area contributed by atoms with E-state index in [-0.39, 0.29) is 11.8 Å². The van der Waals surface area contributed by atoms with E-state index in [1.165, 1.54) is 38.8 Å². The zero-order valence-electron chi connectivity index (χ0n) is 21.0. The van der Waals surface area contributed by atoms with E-state index in [4.69, 9.17) is 4.98 Å². The van der Waals surface area contributed by atoms with Crippen LogP contribution in [-0.4, -0.2) is 69.6 Å². The highest BCUT2D eigenvalue weighted by Crippen LogP contribution is 2.29. The lowest BCUT2D eigenvalue weighted by atomic mass is 9.92. The number of carbonyl (C=O) groups is 1. The third-order valence-electron chi connectivity index (χ3n) is 7.93. The van der Waals surface area contributed by atoms with Gasteiger partial charge in [-0.3, -0.25) is 4.79 Å². The lowest BCUT2D eigenvalue weighted by Gasteiger charge is -2.35. The van der Waals surface area contributed by atoms with E-state index in [1.807, 2.05) is 0 Å². The van der Waals surface area contributed by atoms with Gasteiger partial charge < -0.3 is 19.7 Å². The Kier molecular flexibility index (Phi) is 7.32. The lowest BCUT2D eigenvalue weighted by Crippen LogP contribution is -2.42. The topological polar surface area (TPSA) is 79.2 Å². The van der Waals surface area contributed by atoms with Crippen LogP contribution < -0.4 is 10.2 Å². The number of nitrogens with one attached hydrogen (secondary N) is 1. The molecule has 8 nitrogen and oxygen atoms in total. The summed E-state index contributed by atoms with van der Waals surface area (Å²) in [6.07, 6.45) is 10.5. The van der Waals surface area contributed by atoms with Gasteiger partial charge in [-0.1, -0.05) is 20.3 Å². The number of imidazole rings is 1. The first-order valence-corrected chi connectivity index (χ1v) is 13.5. The number of nitrogens with zero attached hydrogens (tertiary/aromatic N) is 6. The second kappa shape index (κ2) is 10.6. The van der Waals surface area contributed by atoms with E-state index in [9.17, 15) is 4.79 Å². The van der Waals surface area contributed by atoms with Crippen molar-refractivity contribution in [2.45, 2.75) is 71.8 Å². The summed E-state index contributed by atoms with van der Waals surface area (Å²) in [6, 6.07) is 0. The van der Waals surface area contributed by atoms with Crippen LogP contribution in [0.25, 0.3) is 11.2 Å². The molecule has 2 aromatic rings. The molecule has 0 aromatic carbocycles. The van der Waals surface area contributed by atoms with E-state index in [0.717, 1.165) is 93.0 Å². The fourth-order valence-corrected chi connectivity index (χ4v) is 6.34. The molecule has 0 saturated carbocycles. The third-order valence-corrected chi connectivity index (χ3v) is 7.93. The number of anilines is 1. The van der Waals surface area contributed by atoms with Crippen molar-refractivity contribution in [3.05, 3.63) is 12.2 Å². The molecule has 34 heavy (non-hydrogen) atoms. The summed E-state index contributed by atoms with van der Waals surface area (Å²) >= 11 is 0. The first-order valence-electron chi connectivity index (χ1n) is 13.5. The fourth-order valence-electron chi connectivity index (χ4n) is 6.34. The zero-order valence-corrected chi connectivity index (χ0v) is 21.0. The number of likely N-dealkylation sites (tertiary alicyclic amines) is 1. The highest BCUT2D eigenvalue weighted by molar-refractivity contribution is 5.84. The zero-order chi connectivity index (χ0) is 23.5. The van der Waals surface area contributed by atoms with Crippen molar-refractivity contribution in [1.82, 2.24) is 29.7 Å². The average Bonchev–Trinajstić information content (AvgIpc) is 3.02. The number of rotatable bonds is 6. The third kappa shape index (κ3) is 5.21. The van der Waals surface area contributed by atoms with E-state index in [0.29, 0.717) is 0 Å². The predicted octanol–water partition coefficient (Wildman–Crippen LogP) is 3.25. The van der Waals surface area contributed by atoms with E-state index in [2.05, 4.69) is 43.5 Å². The normalized spacial score (nSPS) is 24.7. The molecule has 8 heteroatoms. The fraction of sp³-hybridized carbons (Fsp3) is 0.769. The summed E-state index contributed by atoms with van der Waals surface area (Å²) < 4.78 is 2.29. The van der Waals surface area contributed by atoms with E-state index in [1.54, 1.807) is 6.33 Å². The predicted molar refractivity (Wildman–Crippen MR) is 135 cm³/mol. The standard InChI is InChI=1S/C26H41N7O/c1-19-15-20(2)17-31(16-19)11-6-10-27-26(34)21-8-13-32(14-9-21)24-23-25(29-18-28-24)33-12-5-3-4-7-22(33)30-23/h18-21H,3-17H2,1-2H3,(H,27,34). The van der Waals surface area contributed by atoms with Gasteiger partial charge in [0.15, 0.2) is 17.0 Å². The summed E-state index contributed by atoms with van der Waals surface area (Å²) in [5, 5.41) is 3.21. The first-order chi connectivity index (χ1) is 16.6. The van der Waals surface area contributed by atoms with Gasteiger partial charge in [0.25, 0.3) is 0 Å². The molecule has 2 aromatic heterocycles. The maximum atomic E-state index is 12.8. The second-order valence-corrected chi connectivity index (χ2v) is 11.0. The minimum atomic E-state index is 0.0994. The SMILES string of the molecule is CC1CC(C)CN(CCCNC(=O)C2CCN(c3ncnc4c3nc3n4CCCCC3)CC2)C1. The van der Waals surface area contributed by atoms with Crippen LogP contribution in [0.2, 0.25) is 0 Å². The van der Waals surface area contributed by atoms with Crippen molar-refractivity contribution >= 4 is 22.9 Å². The van der Waals surface area contributed by atoms with Crippen LogP contribution in [0.15, 0.2) is 6.33 Å². The van der Waals surface area contributed by atoms with Crippen LogP contribution in [0.5, 0.6) is 0 Å². The second-order valence-electron chi connectivity index (χ2n) is 11.0. The maximum absolute atomic E-state index is 12.8. The Bertz CT molecular complexity index is 971. The molecule has 2 atom stereocenters. The molecule has 5 rings (SSSR count). The van der Waals surface area contributed by atoms with E-state index >= 15 is 0 Å². The summed E-state index contributed by atoms with van der Waals surface area (Å²) in [5.41, 5.74) is 1.91. The Labute approximate surface area is 203 Å². The lowest BCUT2D eigenvalue weighted by molar-refractivity contribution is -0.125. The summed E-state index contributed by atoms with van der Waals surface area (Å²) in [7, 11) is 0. The van der Waals surface area contributed by atoms with Gasteiger partial charge in [0, 0.05) is 51.6 Å². The first kappa shape index (κ1) is 23.5. The average molecular weight is 468 g/mol. The van der Waals surface area contributed by atoms with Crippen molar-refractivity contribution in [1.29, 1.82) is 0 Å². The Morgan fingerprint density at radius 2 is 1.85 bits per heavy atom. The van der Waals surface area contributed by atoms with E-state index < -0.39 is 0 Å². The van der Waals surface area contributed by atoms with Gasteiger partial charge in [0.2, 0.25) is 5.91 Å². The van der Waals surface area contributed by atoms with Crippen LogP contribution in [0.3, 0.4) is 0 Å². The van der Waals surface area contributed by atoms with Gasteiger partial charge in [0.05, 0.1) is 0 Å². The molecular formula is C26H41N7O. The Balaban J connectivity index is 1.11. The number of carbonyl (C=O) groups excluding carboxylic acids is 1. The minimum absolute atomic E-state index is 0.0994. The summed E-state index contributed by atoms with van der Waals surface area (Å²) in [4.78, 5) is 31.8. The molecule has 3 aliphatic rings. The number of fused-ring (bicyclic) bond motifs is 3. The molecule has 0 bridgehead atoms. The Morgan fingerprint density at radius 1 is 1.06 bits per heavy atom. The quantitative estimate of drug-likeness (QED) is 0.657. The molecule has 186 valence electrons. The van der Waals surface area contributed by atoms with Crippen LogP contribution in [0.1, 0.15) is 64.6 Å². The Morgan fingerprint density at radius 3 is 2.65 bits per heavy atom. The highest BCUT2D eigenvalue weighted by Gasteiger charge is 2.28. The molecule has 2 unspecified atom stereocenters. The molecular weight excluding hydrogens is 426 g/mol. The van der Waals surface area contributed by atoms with Crippen LogP contribution in [0.4, 0.5) is 5.82 Å². The molecule has 5 heterocycles. The van der Waals surface area contributed by atoms with Gasteiger partial charge in [-0.05, 0) is 56.9 Å². The molecule has 0 spiro atoms. The number of amides is 1. The highest BCUT2D eigenvalue weighted by atomic mass is 16.1. The number of aromatic nitrogens is 4. The molecule has 3 aliphatic heterocycles. The van der Waals surface area contributed by atoms with Gasteiger partial charge in [-0.15, -0.1) is 0 Å². The minimum Gasteiger partial charge on any atom is -0.356 e. The molecule has 1 N–H and O–H groups in total. The van der Waals surface area contributed by atoms with Crippen molar-refractivity contribution in [3.63, 3.8) is 0 Å². The number of piperidine rings is 2. The van der Waals surface area contributed by atoms with Gasteiger partial charge in [-0.25, -0.2) is 15.0 Å². The van der Waals surface area contributed by atoms with Crippen LogP contribution in [-0.2, 0) is 17.8 Å². The molecule has 2 fully saturated rings. The molecule has 1 amide bonds. The summed E-state index contributed by atoms with van der Waals surface area (Å²) in [5.74, 6) is 3.99. The maximum Gasteiger partial charge on any atom is 0.223 e. The molecule has 0 radical (unpaired) electrons. The monoisotopic (exact) mass is 467 g/mol. The van der Waals surface area contributed by atoms with Crippen LogP contribution >= 0.6 is 0 Å². The Hall–Kier alpha value is -2.22. The smallest absolute Gasteiger partial charge is 0.223 e. The number of hydrogen-bond acceptors (Lipinski definition) is 6. The molecule has 2 saturated heterocycles. The number of hydrogen-bond donors (Lipinski definition) is 1. The van der Waals surface area contributed by atoms with Gasteiger partial charge in [-0.2, -0.15) is 0 Å². The van der Waals surface area contributed by atoms with Crippen molar-refractivity contribution in [3.8, 4) is 0 Å². The largest absolute Gasteiger partial charge is 0.356 e. The van der Waals surface area contributed by atoms with Gasteiger partial charge in [0.1, 0.15) is 12.2 Å². The summed E-state index contributed by atoms with van der Waals surface area (Å²) in [6.45, 7) is 11.7. The van der Waals surface area contributed by atoms with Crippen molar-refractivity contribution in [2.75, 3.05) is 44.2 Å². The molecule has 0 aliphatic carbocycles. The van der Waals surface area contributed by atoms with Crippen molar-refractivity contribution < 1.29 is 4.79 Å². The van der Waals surface area contributed by atoms with Crippen molar-refractivity contribution in [2.24, 2.45) is 17.8 Å². The van der Waals surface area contributed by atoms with Crippen LogP contribution in [0, 0.1) is 17.8 Å².